The minimum Gasteiger partial charge on any atom is -0.460 e. The van der Waals surface area contributed by atoms with Crippen LogP contribution >= 0.6 is 23.2 Å². The van der Waals surface area contributed by atoms with Gasteiger partial charge in [-0.15, -0.1) is 0 Å². The van der Waals surface area contributed by atoms with E-state index in [0.29, 0.717) is 37.9 Å². The zero-order chi connectivity index (χ0) is 20.5. The van der Waals surface area contributed by atoms with Crippen molar-refractivity contribution in [1.29, 1.82) is 0 Å². The normalized spacial score (nSPS) is 10.9. The molecule has 4 rings (SSSR count). The lowest BCUT2D eigenvalue weighted by Crippen LogP contribution is -2.10. The molecule has 0 aliphatic rings. The summed E-state index contributed by atoms with van der Waals surface area (Å²) in [6.07, 6.45) is 0. The SMILES string of the molecule is Cc1oc2cc(OC(=O)c3cccc(Cl)c3)ccc2c(=O)c1-c1ccc(Cl)cc1. The Morgan fingerprint density at radius 2 is 1.69 bits per heavy atom. The number of esters is 1. The molecule has 0 spiro atoms. The van der Waals surface area contributed by atoms with Gasteiger partial charge in [-0.1, -0.05) is 41.4 Å². The molecule has 0 saturated heterocycles. The number of aryl methyl sites for hydroxylation is 1. The maximum absolute atomic E-state index is 13.0. The van der Waals surface area contributed by atoms with Crippen LogP contribution in [0.2, 0.25) is 10.0 Å². The van der Waals surface area contributed by atoms with E-state index in [1.807, 2.05) is 0 Å². The van der Waals surface area contributed by atoms with Crippen molar-refractivity contribution < 1.29 is 13.9 Å². The molecular weight excluding hydrogens is 411 g/mol. The summed E-state index contributed by atoms with van der Waals surface area (Å²) >= 11 is 11.8. The van der Waals surface area contributed by atoms with Gasteiger partial charge in [-0.05, 0) is 55.0 Å². The highest BCUT2D eigenvalue weighted by Gasteiger charge is 2.15. The molecule has 0 fully saturated rings. The van der Waals surface area contributed by atoms with Crippen LogP contribution in [0.3, 0.4) is 0 Å². The fraction of sp³-hybridized carbons (Fsp3) is 0.0435. The summed E-state index contributed by atoms with van der Waals surface area (Å²) in [5.74, 6) is 0.177. The van der Waals surface area contributed by atoms with Crippen LogP contribution in [0.4, 0.5) is 0 Å². The molecule has 0 amide bonds. The summed E-state index contributed by atoms with van der Waals surface area (Å²) in [6, 6.07) is 18.1. The van der Waals surface area contributed by atoms with E-state index < -0.39 is 5.97 Å². The highest BCUT2D eigenvalue weighted by atomic mass is 35.5. The number of carbonyl (C=O) groups is 1. The maximum Gasteiger partial charge on any atom is 0.343 e. The van der Waals surface area contributed by atoms with Crippen molar-refractivity contribution in [1.82, 2.24) is 0 Å². The molecule has 0 saturated carbocycles. The predicted octanol–water partition coefficient (Wildman–Crippen LogP) is 6.29. The molecule has 1 aromatic heterocycles. The van der Waals surface area contributed by atoms with Gasteiger partial charge < -0.3 is 9.15 Å². The number of benzene rings is 3. The minimum absolute atomic E-state index is 0.168. The van der Waals surface area contributed by atoms with Crippen LogP contribution in [0.1, 0.15) is 16.1 Å². The van der Waals surface area contributed by atoms with Gasteiger partial charge in [-0.25, -0.2) is 4.79 Å². The number of carbonyl (C=O) groups excluding carboxylic acids is 1. The number of halogens is 2. The van der Waals surface area contributed by atoms with E-state index in [-0.39, 0.29) is 11.2 Å². The Hall–Kier alpha value is -3.08. The summed E-state index contributed by atoms with van der Waals surface area (Å²) in [5.41, 5.74) is 1.69. The Bertz CT molecular complexity index is 1290. The molecule has 0 atom stereocenters. The van der Waals surface area contributed by atoms with Crippen LogP contribution < -0.4 is 10.2 Å². The average molecular weight is 425 g/mol. The van der Waals surface area contributed by atoms with Gasteiger partial charge in [0.05, 0.1) is 16.5 Å². The Morgan fingerprint density at radius 1 is 0.931 bits per heavy atom. The number of rotatable bonds is 3. The molecule has 29 heavy (non-hydrogen) atoms. The molecule has 4 aromatic rings. The van der Waals surface area contributed by atoms with Gasteiger partial charge >= 0.3 is 5.97 Å². The molecule has 0 unspecified atom stereocenters. The fourth-order valence-electron chi connectivity index (χ4n) is 3.08. The van der Waals surface area contributed by atoms with Crippen LogP contribution in [0.15, 0.2) is 75.9 Å². The van der Waals surface area contributed by atoms with Crippen LogP contribution in [0, 0.1) is 6.92 Å². The first-order chi connectivity index (χ1) is 13.9. The molecule has 1 heterocycles. The van der Waals surface area contributed by atoms with E-state index in [0.717, 1.165) is 5.56 Å². The van der Waals surface area contributed by atoms with E-state index in [4.69, 9.17) is 32.4 Å². The Morgan fingerprint density at radius 3 is 2.41 bits per heavy atom. The minimum atomic E-state index is -0.552. The third-order valence-electron chi connectivity index (χ3n) is 4.44. The Kier molecular flexibility index (Phi) is 5.14. The van der Waals surface area contributed by atoms with Gasteiger partial charge in [0.15, 0.2) is 0 Å². The maximum atomic E-state index is 13.0. The van der Waals surface area contributed by atoms with Crippen molar-refractivity contribution >= 4 is 40.1 Å². The van der Waals surface area contributed by atoms with Gasteiger partial charge in [0.2, 0.25) is 5.43 Å². The third-order valence-corrected chi connectivity index (χ3v) is 4.93. The molecular formula is C23H14Cl2O4. The zero-order valence-electron chi connectivity index (χ0n) is 15.2. The second-order valence-corrected chi connectivity index (χ2v) is 7.30. The smallest absolute Gasteiger partial charge is 0.343 e. The molecule has 144 valence electrons. The zero-order valence-corrected chi connectivity index (χ0v) is 16.8. The highest BCUT2D eigenvalue weighted by Crippen LogP contribution is 2.27. The van der Waals surface area contributed by atoms with E-state index in [9.17, 15) is 9.59 Å². The van der Waals surface area contributed by atoms with Crippen molar-refractivity contribution in [3.05, 3.63) is 98.3 Å². The molecule has 3 aromatic carbocycles. The van der Waals surface area contributed by atoms with Gasteiger partial charge in [0.1, 0.15) is 17.1 Å². The van der Waals surface area contributed by atoms with Crippen LogP contribution in [0.25, 0.3) is 22.1 Å². The van der Waals surface area contributed by atoms with E-state index in [2.05, 4.69) is 0 Å². The second-order valence-electron chi connectivity index (χ2n) is 6.43. The lowest BCUT2D eigenvalue weighted by atomic mass is 10.0. The van der Waals surface area contributed by atoms with Crippen molar-refractivity contribution in [2.24, 2.45) is 0 Å². The largest absolute Gasteiger partial charge is 0.460 e. The molecule has 4 nitrogen and oxygen atoms in total. The van der Waals surface area contributed by atoms with Gasteiger partial charge in [-0.2, -0.15) is 0 Å². The predicted molar refractivity (Wildman–Crippen MR) is 114 cm³/mol. The topological polar surface area (TPSA) is 56.5 Å². The standard InChI is InChI=1S/C23H14Cl2O4/c1-13-21(14-5-7-16(24)8-6-14)22(26)19-10-9-18(12-20(19)28-13)29-23(27)15-3-2-4-17(25)11-15/h2-12H,1H3. The molecule has 0 aliphatic carbocycles. The van der Waals surface area contributed by atoms with Crippen molar-refractivity contribution in [2.75, 3.05) is 0 Å². The van der Waals surface area contributed by atoms with Crippen LogP contribution in [-0.2, 0) is 0 Å². The third kappa shape index (κ3) is 3.90. The second kappa shape index (κ2) is 7.74. The molecule has 0 aliphatic heterocycles. The van der Waals surface area contributed by atoms with E-state index in [1.165, 1.54) is 12.1 Å². The van der Waals surface area contributed by atoms with Crippen LogP contribution in [0.5, 0.6) is 5.75 Å². The van der Waals surface area contributed by atoms with Gasteiger partial charge in [0.25, 0.3) is 0 Å². The van der Waals surface area contributed by atoms with Gasteiger partial charge in [0, 0.05) is 16.1 Å². The van der Waals surface area contributed by atoms with Crippen LogP contribution in [-0.4, -0.2) is 5.97 Å². The van der Waals surface area contributed by atoms with Gasteiger partial charge in [-0.3, -0.25) is 4.79 Å². The monoisotopic (exact) mass is 424 g/mol. The van der Waals surface area contributed by atoms with E-state index in [1.54, 1.807) is 61.5 Å². The summed E-state index contributed by atoms with van der Waals surface area (Å²) in [4.78, 5) is 25.3. The Labute approximate surface area is 176 Å². The average Bonchev–Trinajstić information content (AvgIpc) is 2.69. The number of fused-ring (bicyclic) bond motifs is 1. The molecule has 0 N–H and O–H groups in total. The number of hydrogen-bond donors (Lipinski definition) is 0. The van der Waals surface area contributed by atoms with Crippen molar-refractivity contribution in [2.45, 2.75) is 6.92 Å². The first-order valence-corrected chi connectivity index (χ1v) is 9.49. The summed E-state index contributed by atoms with van der Waals surface area (Å²) in [7, 11) is 0. The summed E-state index contributed by atoms with van der Waals surface area (Å²) < 4.78 is 11.3. The highest BCUT2D eigenvalue weighted by molar-refractivity contribution is 6.31. The van der Waals surface area contributed by atoms with Crippen molar-refractivity contribution in [3.8, 4) is 16.9 Å². The first-order valence-electron chi connectivity index (χ1n) is 8.73. The molecule has 0 radical (unpaired) electrons. The van der Waals surface area contributed by atoms with Crippen molar-refractivity contribution in [3.63, 3.8) is 0 Å². The first kappa shape index (κ1) is 19.2. The molecule has 0 bridgehead atoms. The summed E-state index contributed by atoms with van der Waals surface area (Å²) in [5, 5.41) is 1.42. The quantitative estimate of drug-likeness (QED) is 0.286. The fourth-order valence-corrected chi connectivity index (χ4v) is 3.40. The number of ether oxygens (including phenoxy) is 1. The number of hydrogen-bond acceptors (Lipinski definition) is 4. The Balaban J connectivity index is 1.72. The lowest BCUT2D eigenvalue weighted by Gasteiger charge is -2.09. The lowest BCUT2D eigenvalue weighted by molar-refractivity contribution is 0.0735. The van der Waals surface area contributed by atoms with E-state index >= 15 is 0 Å². The summed E-state index contributed by atoms with van der Waals surface area (Å²) in [6.45, 7) is 1.72. The molecule has 6 heteroatoms.